The Balaban J connectivity index is 1.61. The monoisotopic (exact) mass is 361 g/mol. The van der Waals surface area contributed by atoms with Crippen LogP contribution >= 0.6 is 27.3 Å². The highest BCUT2D eigenvalue weighted by Crippen LogP contribution is 2.26. The van der Waals surface area contributed by atoms with Crippen LogP contribution in [0.25, 0.3) is 11.3 Å². The zero-order chi connectivity index (χ0) is 14.5. The van der Waals surface area contributed by atoms with Crippen LogP contribution < -0.4 is 5.43 Å². The van der Waals surface area contributed by atoms with Gasteiger partial charge in [0.05, 0.1) is 5.69 Å². The van der Waals surface area contributed by atoms with Crippen LogP contribution in [0.2, 0.25) is 0 Å². The standard InChI is InChI=1S/C16H16BrN3S/c17-14-8-6-13(7-9-14)15-11-21-16(19-15)20-18-10-12-4-2-1-3-5-12/h1-2,6-12H,3-5H2,(H,19,20). The van der Waals surface area contributed by atoms with E-state index in [2.05, 4.69) is 55.7 Å². The van der Waals surface area contributed by atoms with Crippen LogP contribution in [-0.4, -0.2) is 11.2 Å². The van der Waals surface area contributed by atoms with Gasteiger partial charge in [0.2, 0.25) is 5.13 Å². The van der Waals surface area contributed by atoms with Gasteiger partial charge in [-0.3, -0.25) is 5.43 Å². The maximum Gasteiger partial charge on any atom is 0.203 e. The number of nitrogens with one attached hydrogen (secondary N) is 1. The van der Waals surface area contributed by atoms with Crippen molar-refractivity contribution >= 4 is 38.6 Å². The molecule has 1 aliphatic carbocycles. The van der Waals surface area contributed by atoms with Crippen molar-refractivity contribution in [3.05, 3.63) is 46.3 Å². The fraction of sp³-hybridized carbons (Fsp3) is 0.250. The molecule has 1 N–H and O–H groups in total. The summed E-state index contributed by atoms with van der Waals surface area (Å²) in [5.74, 6) is 0.549. The zero-order valence-corrected chi connectivity index (χ0v) is 13.9. The molecular weight excluding hydrogens is 346 g/mol. The van der Waals surface area contributed by atoms with Crippen LogP contribution in [0.4, 0.5) is 5.13 Å². The van der Waals surface area contributed by atoms with Crippen molar-refractivity contribution in [2.24, 2.45) is 11.0 Å². The Hall–Kier alpha value is -1.46. The summed E-state index contributed by atoms with van der Waals surface area (Å²) in [4.78, 5) is 4.56. The second kappa shape index (κ2) is 7.00. The lowest BCUT2D eigenvalue weighted by Gasteiger charge is -2.11. The highest BCUT2D eigenvalue weighted by atomic mass is 79.9. The minimum absolute atomic E-state index is 0.549. The molecular formula is C16H16BrN3S. The third-order valence-corrected chi connectivity index (χ3v) is 4.67. The summed E-state index contributed by atoms with van der Waals surface area (Å²) in [6.45, 7) is 0. The average molecular weight is 362 g/mol. The first-order chi connectivity index (χ1) is 10.3. The highest BCUT2D eigenvalue weighted by molar-refractivity contribution is 9.10. The Morgan fingerprint density at radius 1 is 1.29 bits per heavy atom. The van der Waals surface area contributed by atoms with Gasteiger partial charge in [-0.1, -0.05) is 40.2 Å². The second-order valence-corrected chi connectivity index (χ2v) is 6.75. The van der Waals surface area contributed by atoms with Gasteiger partial charge in [0.15, 0.2) is 0 Å². The quantitative estimate of drug-likeness (QED) is 0.454. The lowest BCUT2D eigenvalue weighted by molar-refractivity contribution is 0.627. The minimum Gasteiger partial charge on any atom is -0.253 e. The predicted octanol–water partition coefficient (Wildman–Crippen LogP) is 5.33. The molecule has 0 saturated carbocycles. The third kappa shape index (κ3) is 4.02. The van der Waals surface area contributed by atoms with Crippen molar-refractivity contribution in [3.8, 4) is 11.3 Å². The molecule has 0 spiro atoms. The maximum atomic E-state index is 4.56. The van der Waals surface area contributed by atoms with Gasteiger partial charge in [0.25, 0.3) is 0 Å². The normalized spacial score (nSPS) is 18.2. The number of halogens is 1. The number of hydrogen-bond donors (Lipinski definition) is 1. The van der Waals surface area contributed by atoms with Gasteiger partial charge in [-0.25, -0.2) is 4.98 Å². The number of hydrazone groups is 1. The third-order valence-electron chi connectivity index (χ3n) is 3.40. The summed E-state index contributed by atoms with van der Waals surface area (Å²) in [7, 11) is 0. The van der Waals surface area contributed by atoms with E-state index in [1.165, 1.54) is 6.42 Å². The SMILES string of the molecule is Brc1ccc(-c2csc(NN=CC3CC=CCC3)n2)cc1. The van der Waals surface area contributed by atoms with E-state index >= 15 is 0 Å². The largest absolute Gasteiger partial charge is 0.253 e. The Morgan fingerprint density at radius 2 is 2.14 bits per heavy atom. The average Bonchev–Trinajstić information content (AvgIpc) is 2.98. The molecule has 0 aliphatic heterocycles. The maximum absolute atomic E-state index is 4.56. The number of anilines is 1. The van der Waals surface area contributed by atoms with Crippen molar-refractivity contribution < 1.29 is 0 Å². The number of rotatable bonds is 4. The van der Waals surface area contributed by atoms with Crippen LogP contribution in [-0.2, 0) is 0 Å². The van der Waals surface area contributed by atoms with Crippen molar-refractivity contribution in [2.45, 2.75) is 19.3 Å². The van der Waals surface area contributed by atoms with Crippen LogP contribution in [0, 0.1) is 5.92 Å². The number of allylic oxidation sites excluding steroid dienone is 2. The Bertz CT molecular complexity index is 646. The van der Waals surface area contributed by atoms with E-state index in [1.807, 2.05) is 23.7 Å². The van der Waals surface area contributed by atoms with Gasteiger partial charge < -0.3 is 0 Å². The molecule has 1 unspecified atom stereocenters. The van der Waals surface area contributed by atoms with E-state index < -0.39 is 0 Å². The summed E-state index contributed by atoms with van der Waals surface area (Å²) >= 11 is 5.01. The first kappa shape index (κ1) is 14.5. The van der Waals surface area contributed by atoms with Crippen molar-refractivity contribution in [3.63, 3.8) is 0 Å². The molecule has 1 aliphatic rings. The van der Waals surface area contributed by atoms with Crippen LogP contribution in [0.1, 0.15) is 19.3 Å². The number of thiazole rings is 1. The molecule has 2 aromatic rings. The molecule has 0 amide bonds. The Morgan fingerprint density at radius 3 is 2.90 bits per heavy atom. The molecule has 1 aromatic heterocycles. The minimum atomic E-state index is 0.549. The van der Waals surface area contributed by atoms with Crippen molar-refractivity contribution in [1.29, 1.82) is 0 Å². The molecule has 3 nitrogen and oxygen atoms in total. The number of benzene rings is 1. The molecule has 21 heavy (non-hydrogen) atoms. The lowest BCUT2D eigenvalue weighted by atomic mass is 9.96. The van der Waals surface area contributed by atoms with E-state index in [-0.39, 0.29) is 0 Å². The highest BCUT2D eigenvalue weighted by Gasteiger charge is 2.07. The number of nitrogens with zero attached hydrogens (tertiary/aromatic N) is 2. The topological polar surface area (TPSA) is 37.3 Å². The number of hydrogen-bond acceptors (Lipinski definition) is 4. The van der Waals surface area contributed by atoms with E-state index in [0.717, 1.165) is 33.7 Å². The second-order valence-electron chi connectivity index (χ2n) is 4.98. The molecule has 0 saturated heterocycles. The zero-order valence-electron chi connectivity index (χ0n) is 11.5. The smallest absolute Gasteiger partial charge is 0.203 e. The fourth-order valence-corrected chi connectivity index (χ4v) is 3.16. The Labute approximate surface area is 136 Å². The van der Waals surface area contributed by atoms with Gasteiger partial charge in [0, 0.05) is 21.6 Å². The van der Waals surface area contributed by atoms with Crippen molar-refractivity contribution in [2.75, 3.05) is 5.43 Å². The van der Waals surface area contributed by atoms with Gasteiger partial charge in [-0.05, 0) is 37.3 Å². The summed E-state index contributed by atoms with van der Waals surface area (Å²) in [6, 6.07) is 8.16. The van der Waals surface area contributed by atoms with E-state index in [1.54, 1.807) is 11.3 Å². The van der Waals surface area contributed by atoms with Gasteiger partial charge in [0.1, 0.15) is 0 Å². The molecule has 0 fully saturated rings. The molecule has 1 heterocycles. The molecule has 0 bridgehead atoms. The van der Waals surface area contributed by atoms with E-state index in [4.69, 9.17) is 0 Å². The van der Waals surface area contributed by atoms with E-state index in [9.17, 15) is 0 Å². The van der Waals surface area contributed by atoms with Gasteiger partial charge in [-0.2, -0.15) is 5.10 Å². The van der Waals surface area contributed by atoms with Crippen LogP contribution in [0.5, 0.6) is 0 Å². The van der Waals surface area contributed by atoms with Crippen LogP contribution in [0.3, 0.4) is 0 Å². The molecule has 3 rings (SSSR count). The summed E-state index contributed by atoms with van der Waals surface area (Å²) in [5, 5.41) is 7.19. The van der Waals surface area contributed by atoms with Crippen molar-refractivity contribution in [1.82, 2.24) is 4.98 Å². The molecule has 1 aromatic carbocycles. The molecule has 0 radical (unpaired) electrons. The van der Waals surface area contributed by atoms with Gasteiger partial charge >= 0.3 is 0 Å². The summed E-state index contributed by atoms with van der Waals surface area (Å²) < 4.78 is 1.07. The van der Waals surface area contributed by atoms with Gasteiger partial charge in [-0.15, -0.1) is 11.3 Å². The first-order valence-corrected chi connectivity index (χ1v) is 8.64. The van der Waals surface area contributed by atoms with Crippen LogP contribution in [0.15, 0.2) is 51.4 Å². The lowest BCUT2D eigenvalue weighted by Crippen LogP contribution is -2.04. The fourth-order valence-electron chi connectivity index (χ4n) is 2.23. The molecule has 1 atom stereocenters. The molecule has 108 valence electrons. The first-order valence-electron chi connectivity index (χ1n) is 6.97. The Kier molecular flexibility index (Phi) is 4.83. The summed E-state index contributed by atoms with van der Waals surface area (Å²) in [6.07, 6.45) is 9.90. The summed E-state index contributed by atoms with van der Waals surface area (Å²) in [5.41, 5.74) is 5.13. The number of aromatic nitrogens is 1. The van der Waals surface area contributed by atoms with E-state index in [0.29, 0.717) is 5.92 Å². The molecule has 5 heteroatoms. The predicted molar refractivity (Wildman–Crippen MR) is 93.8 cm³/mol.